The monoisotopic (exact) mass is 408 g/mol. The van der Waals surface area contributed by atoms with Gasteiger partial charge in [-0.3, -0.25) is 5.32 Å². The fourth-order valence-electron chi connectivity index (χ4n) is 1.94. The van der Waals surface area contributed by atoms with E-state index in [0.29, 0.717) is 5.75 Å². The summed E-state index contributed by atoms with van der Waals surface area (Å²) in [4.78, 5) is 27.7. The summed E-state index contributed by atoms with van der Waals surface area (Å²) >= 11 is 0. The Bertz CT molecular complexity index is 703. The van der Waals surface area contributed by atoms with Gasteiger partial charge in [0, 0.05) is 12.7 Å². The number of ether oxygens (including phenoxy) is 3. The Morgan fingerprint density at radius 2 is 1.55 bits per heavy atom. The average Bonchev–Trinajstić information content (AvgIpc) is 2.55. The van der Waals surface area contributed by atoms with Crippen LogP contribution in [0.4, 0.5) is 15.3 Å². The summed E-state index contributed by atoms with van der Waals surface area (Å²) in [6, 6.07) is 7.45. The number of amides is 2. The third kappa shape index (κ3) is 11.5. The highest BCUT2D eigenvalue weighted by atomic mass is 16.6. The molecule has 29 heavy (non-hydrogen) atoms. The number of hydrogen-bond donors (Lipinski definition) is 3. The summed E-state index contributed by atoms with van der Waals surface area (Å²) in [6.45, 7) is 10.9. The van der Waals surface area contributed by atoms with Crippen LogP contribution in [0.3, 0.4) is 0 Å². The number of carbonyl (C=O) groups excluding carboxylic acids is 2. The molecule has 1 aromatic carbocycles. The molecule has 0 radical (unpaired) electrons. The lowest BCUT2D eigenvalue weighted by Gasteiger charge is -2.21. The second-order valence-corrected chi connectivity index (χ2v) is 8.12. The van der Waals surface area contributed by atoms with E-state index in [1.54, 1.807) is 41.5 Å². The third-order valence-corrected chi connectivity index (χ3v) is 3.02. The van der Waals surface area contributed by atoms with Gasteiger partial charge in [-0.1, -0.05) is 0 Å². The number of hydrogen-bond acceptors (Lipinski definition) is 6. The molecule has 1 rings (SSSR count). The molecule has 0 unspecified atom stereocenters. The molecular formula is C20H32N4O5. The van der Waals surface area contributed by atoms with Gasteiger partial charge < -0.3 is 24.8 Å². The van der Waals surface area contributed by atoms with Gasteiger partial charge in [-0.15, -0.1) is 4.99 Å². The minimum Gasteiger partial charge on any atom is -0.492 e. The van der Waals surface area contributed by atoms with Crippen LogP contribution in [0.2, 0.25) is 0 Å². The van der Waals surface area contributed by atoms with Crippen LogP contribution < -0.4 is 20.7 Å². The van der Waals surface area contributed by atoms with E-state index in [9.17, 15) is 9.59 Å². The van der Waals surface area contributed by atoms with Crippen molar-refractivity contribution < 1.29 is 23.8 Å². The van der Waals surface area contributed by atoms with E-state index in [1.807, 2.05) is 31.3 Å². The topological polar surface area (TPSA) is 110 Å². The van der Waals surface area contributed by atoms with Crippen molar-refractivity contribution in [3.05, 3.63) is 24.3 Å². The van der Waals surface area contributed by atoms with E-state index < -0.39 is 23.4 Å². The lowest BCUT2D eigenvalue weighted by Crippen LogP contribution is -2.45. The minimum absolute atomic E-state index is 0.0809. The number of rotatable bonds is 5. The molecule has 0 saturated carbocycles. The van der Waals surface area contributed by atoms with Crippen molar-refractivity contribution in [1.29, 1.82) is 0 Å². The molecule has 0 heterocycles. The molecule has 0 bridgehead atoms. The number of alkyl carbamates (subject to hydrolysis) is 1. The first-order chi connectivity index (χ1) is 13.4. The number of nitrogens with one attached hydrogen (secondary N) is 3. The van der Waals surface area contributed by atoms with Gasteiger partial charge in [0.05, 0.1) is 6.54 Å². The maximum absolute atomic E-state index is 12.0. The van der Waals surface area contributed by atoms with Crippen molar-refractivity contribution in [2.45, 2.75) is 52.7 Å². The highest BCUT2D eigenvalue weighted by Gasteiger charge is 2.20. The molecule has 0 fully saturated rings. The summed E-state index contributed by atoms with van der Waals surface area (Å²) in [7, 11) is 1.84. The van der Waals surface area contributed by atoms with Gasteiger partial charge in [-0.25, -0.2) is 9.59 Å². The average molecular weight is 408 g/mol. The second-order valence-electron chi connectivity index (χ2n) is 8.12. The maximum atomic E-state index is 12.0. The Kier molecular flexibility index (Phi) is 8.75. The molecule has 0 aliphatic rings. The summed E-state index contributed by atoms with van der Waals surface area (Å²) < 4.78 is 16.0. The van der Waals surface area contributed by atoms with Crippen LogP contribution in [0.25, 0.3) is 0 Å². The van der Waals surface area contributed by atoms with Gasteiger partial charge in [0.1, 0.15) is 23.6 Å². The lowest BCUT2D eigenvalue weighted by molar-refractivity contribution is 0.0560. The number of guanidine groups is 1. The van der Waals surface area contributed by atoms with Crippen molar-refractivity contribution in [3.63, 3.8) is 0 Å². The molecule has 0 aliphatic carbocycles. The molecule has 0 aliphatic heterocycles. The van der Waals surface area contributed by atoms with Gasteiger partial charge in [-0.2, -0.15) is 0 Å². The smallest absolute Gasteiger partial charge is 0.437 e. The number of anilines is 1. The van der Waals surface area contributed by atoms with E-state index in [2.05, 4.69) is 20.9 Å². The van der Waals surface area contributed by atoms with Gasteiger partial charge in [0.15, 0.2) is 0 Å². The van der Waals surface area contributed by atoms with E-state index in [1.165, 1.54) is 0 Å². The molecule has 1 aromatic rings. The molecule has 2 amide bonds. The zero-order valence-corrected chi connectivity index (χ0v) is 18.2. The number of nitrogens with zero attached hydrogens (tertiary/aromatic N) is 1. The van der Waals surface area contributed by atoms with Crippen LogP contribution in [0.15, 0.2) is 29.3 Å². The predicted molar refractivity (Wildman–Crippen MR) is 113 cm³/mol. The van der Waals surface area contributed by atoms with Gasteiger partial charge >= 0.3 is 12.2 Å². The molecule has 9 nitrogen and oxygen atoms in total. The molecule has 9 heteroatoms. The van der Waals surface area contributed by atoms with E-state index in [4.69, 9.17) is 14.2 Å². The van der Waals surface area contributed by atoms with Crippen molar-refractivity contribution in [2.24, 2.45) is 4.99 Å². The molecule has 0 atom stereocenters. The summed E-state index contributed by atoms with van der Waals surface area (Å²) in [5.41, 5.74) is -0.423. The molecule has 3 N–H and O–H groups in total. The van der Waals surface area contributed by atoms with Crippen molar-refractivity contribution >= 4 is 23.8 Å². The van der Waals surface area contributed by atoms with Crippen molar-refractivity contribution in [3.8, 4) is 5.75 Å². The van der Waals surface area contributed by atoms with Crippen molar-refractivity contribution in [1.82, 2.24) is 10.6 Å². The highest BCUT2D eigenvalue weighted by Crippen LogP contribution is 2.14. The molecule has 0 aromatic heterocycles. The molecular weight excluding hydrogens is 376 g/mol. The Hall–Kier alpha value is -2.97. The standard InChI is InChI=1S/C20H32N4O5/c1-19(2,3)28-17(25)23-16(24-18(26)29-20(4,5)6)22-12-13-27-15-10-8-14(21-7)9-11-15/h8-11,21H,12-13H2,1-7H3,(H2,22,23,24,25,26). The number of aliphatic imine (C=N–C) groups is 1. The largest absolute Gasteiger partial charge is 0.492 e. The first-order valence-electron chi connectivity index (χ1n) is 9.34. The molecule has 0 spiro atoms. The van der Waals surface area contributed by atoms with Crippen LogP contribution in [0.1, 0.15) is 41.5 Å². The van der Waals surface area contributed by atoms with Gasteiger partial charge in [0.2, 0.25) is 5.96 Å². The number of benzene rings is 1. The first kappa shape index (κ1) is 24.1. The van der Waals surface area contributed by atoms with Crippen LogP contribution in [0, 0.1) is 0 Å². The van der Waals surface area contributed by atoms with Gasteiger partial charge in [-0.05, 0) is 65.8 Å². The second kappa shape index (κ2) is 10.5. The van der Waals surface area contributed by atoms with Crippen LogP contribution in [-0.4, -0.2) is 49.5 Å². The number of carbonyl (C=O) groups is 2. The Labute approximate surface area is 172 Å². The van der Waals surface area contributed by atoms with Crippen LogP contribution in [0.5, 0.6) is 5.75 Å². The highest BCUT2D eigenvalue weighted by molar-refractivity contribution is 5.98. The summed E-state index contributed by atoms with van der Waals surface area (Å²) in [6.07, 6.45) is -1.57. The summed E-state index contributed by atoms with van der Waals surface area (Å²) in [5, 5.41) is 8.29. The quantitative estimate of drug-likeness (QED) is 0.388. The minimum atomic E-state index is -0.834. The maximum Gasteiger partial charge on any atom is 0.437 e. The Balaban J connectivity index is 2.66. The Morgan fingerprint density at radius 1 is 0.966 bits per heavy atom. The van der Waals surface area contributed by atoms with Crippen LogP contribution in [-0.2, 0) is 9.47 Å². The van der Waals surface area contributed by atoms with E-state index >= 15 is 0 Å². The van der Waals surface area contributed by atoms with Crippen LogP contribution >= 0.6 is 0 Å². The predicted octanol–water partition coefficient (Wildman–Crippen LogP) is 3.51. The lowest BCUT2D eigenvalue weighted by atomic mass is 10.2. The molecule has 162 valence electrons. The Morgan fingerprint density at radius 3 is 2.07 bits per heavy atom. The summed E-state index contributed by atoms with van der Waals surface area (Å²) in [5.74, 6) is 0.610. The van der Waals surface area contributed by atoms with E-state index in [0.717, 1.165) is 5.69 Å². The van der Waals surface area contributed by atoms with Gasteiger partial charge in [0.25, 0.3) is 0 Å². The fourth-order valence-corrected chi connectivity index (χ4v) is 1.94. The van der Waals surface area contributed by atoms with Crippen molar-refractivity contribution in [2.75, 3.05) is 25.5 Å². The normalized spacial score (nSPS) is 12.0. The zero-order valence-electron chi connectivity index (χ0n) is 18.2. The zero-order chi connectivity index (χ0) is 22.1. The van der Waals surface area contributed by atoms with E-state index in [-0.39, 0.29) is 19.1 Å². The third-order valence-electron chi connectivity index (χ3n) is 3.02. The first-order valence-corrected chi connectivity index (χ1v) is 9.34. The molecule has 0 saturated heterocycles. The fraction of sp³-hybridized carbons (Fsp3) is 0.550. The SMILES string of the molecule is CNc1ccc(OCCNC(=NC(=O)OC(C)(C)C)NC(=O)OC(C)(C)C)cc1.